The van der Waals surface area contributed by atoms with E-state index in [2.05, 4.69) is 11.4 Å². The van der Waals surface area contributed by atoms with Crippen molar-refractivity contribution >= 4 is 23.4 Å². The molecule has 17 heavy (non-hydrogen) atoms. The monoisotopic (exact) mass is 268 g/mol. The molecule has 1 unspecified atom stereocenters. The molecular formula is C13H17ClN2S. The van der Waals surface area contributed by atoms with Crippen molar-refractivity contribution in [1.29, 1.82) is 5.26 Å². The first-order valence-electron chi connectivity index (χ1n) is 5.52. The van der Waals surface area contributed by atoms with E-state index in [0.717, 1.165) is 9.92 Å². The molecule has 0 saturated carbocycles. The highest BCUT2D eigenvalue weighted by atomic mass is 35.5. The average Bonchev–Trinajstić information content (AvgIpc) is 2.27. The lowest BCUT2D eigenvalue weighted by Crippen LogP contribution is -2.47. The van der Waals surface area contributed by atoms with Crippen LogP contribution in [0.4, 0.5) is 0 Å². The van der Waals surface area contributed by atoms with Crippen LogP contribution in [-0.4, -0.2) is 17.3 Å². The molecule has 1 atom stereocenters. The third-order valence-corrected chi connectivity index (χ3v) is 3.77. The van der Waals surface area contributed by atoms with Crippen LogP contribution in [-0.2, 0) is 0 Å². The predicted molar refractivity (Wildman–Crippen MR) is 74.5 cm³/mol. The number of nitrogens with one attached hydrogen (secondary N) is 1. The number of nitriles is 1. The Hall–Kier alpha value is -0.690. The molecule has 0 heterocycles. The lowest BCUT2D eigenvalue weighted by molar-refractivity contribution is 0.443. The molecule has 1 aromatic rings. The fraction of sp³-hybridized carbons (Fsp3) is 0.462. The molecule has 1 aromatic carbocycles. The molecule has 0 aliphatic rings. The predicted octanol–water partition coefficient (Wildman–Crippen LogP) is 3.71. The second kappa shape index (κ2) is 6.30. The average molecular weight is 269 g/mol. The van der Waals surface area contributed by atoms with Crippen molar-refractivity contribution in [3.8, 4) is 6.07 Å². The number of nitrogens with zero attached hydrogens (tertiary/aromatic N) is 1. The fourth-order valence-corrected chi connectivity index (χ4v) is 2.56. The van der Waals surface area contributed by atoms with E-state index in [0.29, 0.717) is 11.8 Å². The highest BCUT2D eigenvalue weighted by molar-refractivity contribution is 7.99. The normalized spacial score (nSPS) is 14.4. The maximum atomic E-state index is 9.21. The van der Waals surface area contributed by atoms with E-state index in [1.807, 2.05) is 45.0 Å². The minimum atomic E-state index is -0.502. The van der Waals surface area contributed by atoms with Gasteiger partial charge in [0.1, 0.15) is 5.54 Å². The summed E-state index contributed by atoms with van der Waals surface area (Å²) in [5.41, 5.74) is -0.502. The Morgan fingerprint density at radius 3 is 2.47 bits per heavy atom. The summed E-state index contributed by atoms with van der Waals surface area (Å²) in [6.45, 7) is 6.01. The molecule has 0 aromatic heterocycles. The van der Waals surface area contributed by atoms with Crippen molar-refractivity contribution in [2.45, 2.75) is 37.2 Å². The number of thioether (sulfide) groups is 1. The topological polar surface area (TPSA) is 35.8 Å². The molecule has 0 aliphatic heterocycles. The zero-order valence-electron chi connectivity index (χ0n) is 10.3. The van der Waals surface area contributed by atoms with Gasteiger partial charge >= 0.3 is 0 Å². The standard InChI is InChI=1S/C13H17ClN2S/c1-10(2)16-13(3,8-15)9-17-12-6-4-11(14)5-7-12/h4-7,10,16H,9H2,1-3H3. The van der Waals surface area contributed by atoms with E-state index >= 15 is 0 Å². The Balaban J connectivity index is 2.59. The van der Waals surface area contributed by atoms with Crippen LogP contribution in [0.2, 0.25) is 5.02 Å². The maximum Gasteiger partial charge on any atom is 0.113 e. The first-order chi connectivity index (χ1) is 7.95. The Bertz CT molecular complexity index is 397. The highest BCUT2D eigenvalue weighted by Crippen LogP contribution is 2.24. The minimum Gasteiger partial charge on any atom is -0.297 e. The summed E-state index contributed by atoms with van der Waals surface area (Å²) in [6.07, 6.45) is 0. The molecule has 0 aliphatic carbocycles. The first kappa shape index (κ1) is 14.4. The summed E-state index contributed by atoms with van der Waals surface area (Å²) in [7, 11) is 0. The molecule has 0 fully saturated rings. The van der Waals surface area contributed by atoms with E-state index in [9.17, 15) is 5.26 Å². The van der Waals surface area contributed by atoms with E-state index in [1.54, 1.807) is 11.8 Å². The molecule has 0 saturated heterocycles. The van der Waals surface area contributed by atoms with E-state index in [1.165, 1.54) is 0 Å². The quantitative estimate of drug-likeness (QED) is 0.827. The van der Waals surface area contributed by atoms with Crippen LogP contribution >= 0.6 is 23.4 Å². The van der Waals surface area contributed by atoms with Crippen LogP contribution in [0.25, 0.3) is 0 Å². The van der Waals surface area contributed by atoms with Gasteiger partial charge in [-0.15, -0.1) is 11.8 Å². The summed E-state index contributed by atoms with van der Waals surface area (Å²) < 4.78 is 0. The van der Waals surface area contributed by atoms with Gasteiger partial charge in [-0.2, -0.15) is 5.26 Å². The zero-order valence-corrected chi connectivity index (χ0v) is 11.9. The summed E-state index contributed by atoms with van der Waals surface area (Å²) in [5, 5.41) is 13.2. The third-order valence-electron chi connectivity index (χ3n) is 2.20. The van der Waals surface area contributed by atoms with Crippen molar-refractivity contribution in [2.24, 2.45) is 0 Å². The molecule has 92 valence electrons. The lowest BCUT2D eigenvalue weighted by atomic mass is 10.1. The maximum absolute atomic E-state index is 9.21. The van der Waals surface area contributed by atoms with Crippen molar-refractivity contribution < 1.29 is 0 Å². The Morgan fingerprint density at radius 1 is 1.41 bits per heavy atom. The van der Waals surface area contributed by atoms with E-state index in [4.69, 9.17) is 11.6 Å². The number of hydrogen-bond donors (Lipinski definition) is 1. The van der Waals surface area contributed by atoms with Gasteiger partial charge < -0.3 is 0 Å². The van der Waals surface area contributed by atoms with Crippen LogP contribution in [0.5, 0.6) is 0 Å². The largest absolute Gasteiger partial charge is 0.297 e. The van der Waals surface area contributed by atoms with Crippen LogP contribution in [0.3, 0.4) is 0 Å². The molecule has 0 amide bonds. The molecule has 0 spiro atoms. The molecule has 1 rings (SSSR count). The first-order valence-corrected chi connectivity index (χ1v) is 6.89. The second-order valence-electron chi connectivity index (χ2n) is 4.49. The Morgan fingerprint density at radius 2 is 2.00 bits per heavy atom. The van der Waals surface area contributed by atoms with Crippen molar-refractivity contribution in [2.75, 3.05) is 5.75 Å². The Kier molecular flexibility index (Phi) is 5.32. The minimum absolute atomic E-state index is 0.297. The van der Waals surface area contributed by atoms with Crippen molar-refractivity contribution in [3.05, 3.63) is 29.3 Å². The van der Waals surface area contributed by atoms with Crippen LogP contribution in [0.15, 0.2) is 29.2 Å². The van der Waals surface area contributed by atoms with Gasteiger partial charge in [0.05, 0.1) is 6.07 Å². The van der Waals surface area contributed by atoms with Gasteiger partial charge in [0.25, 0.3) is 0 Å². The summed E-state index contributed by atoms with van der Waals surface area (Å²) in [4.78, 5) is 1.13. The third kappa shape index (κ3) is 4.99. The lowest BCUT2D eigenvalue weighted by Gasteiger charge is -2.25. The van der Waals surface area contributed by atoms with Gasteiger partial charge in [0.15, 0.2) is 0 Å². The van der Waals surface area contributed by atoms with Gasteiger partial charge in [0.2, 0.25) is 0 Å². The number of halogens is 1. The van der Waals surface area contributed by atoms with E-state index < -0.39 is 5.54 Å². The van der Waals surface area contributed by atoms with Crippen molar-refractivity contribution in [1.82, 2.24) is 5.32 Å². The summed E-state index contributed by atoms with van der Waals surface area (Å²) in [5.74, 6) is 0.712. The SMILES string of the molecule is CC(C)NC(C)(C#N)CSc1ccc(Cl)cc1. The van der Waals surface area contributed by atoms with Gasteiger partial charge in [0, 0.05) is 21.7 Å². The van der Waals surface area contributed by atoms with Crippen LogP contribution in [0, 0.1) is 11.3 Å². The van der Waals surface area contributed by atoms with Crippen LogP contribution in [0.1, 0.15) is 20.8 Å². The zero-order chi connectivity index (χ0) is 12.9. The second-order valence-corrected chi connectivity index (χ2v) is 5.97. The molecule has 4 heteroatoms. The van der Waals surface area contributed by atoms with Gasteiger partial charge in [-0.1, -0.05) is 11.6 Å². The van der Waals surface area contributed by atoms with Crippen molar-refractivity contribution in [3.63, 3.8) is 0 Å². The number of rotatable bonds is 5. The fourth-order valence-electron chi connectivity index (χ4n) is 1.50. The molecule has 0 radical (unpaired) electrons. The van der Waals surface area contributed by atoms with Gasteiger partial charge in [-0.25, -0.2) is 0 Å². The summed E-state index contributed by atoms with van der Waals surface area (Å²) in [6, 6.07) is 10.3. The Labute approximate surface area is 112 Å². The van der Waals surface area contributed by atoms with Crippen LogP contribution < -0.4 is 5.32 Å². The molecule has 2 nitrogen and oxygen atoms in total. The molecule has 0 bridgehead atoms. The number of benzene rings is 1. The van der Waals surface area contributed by atoms with Gasteiger partial charge in [-0.3, -0.25) is 5.32 Å². The molecule has 1 N–H and O–H groups in total. The van der Waals surface area contributed by atoms with Gasteiger partial charge in [-0.05, 0) is 45.0 Å². The molecular weight excluding hydrogens is 252 g/mol. The summed E-state index contributed by atoms with van der Waals surface area (Å²) >= 11 is 7.48. The number of hydrogen-bond acceptors (Lipinski definition) is 3. The smallest absolute Gasteiger partial charge is 0.113 e. The highest BCUT2D eigenvalue weighted by Gasteiger charge is 2.24. The van der Waals surface area contributed by atoms with E-state index in [-0.39, 0.29) is 0 Å².